The molecule has 0 saturated heterocycles. The van der Waals surface area contributed by atoms with Crippen LogP contribution in [0.15, 0.2) is 50.8 Å². The van der Waals surface area contributed by atoms with Gasteiger partial charge < -0.3 is 9.73 Å². The van der Waals surface area contributed by atoms with Crippen LogP contribution in [-0.4, -0.2) is 36.0 Å². The number of sulfonamides is 1. The highest BCUT2D eigenvalue weighted by Crippen LogP contribution is 2.14. The van der Waals surface area contributed by atoms with Gasteiger partial charge in [0.1, 0.15) is 0 Å². The maximum absolute atomic E-state index is 12.0. The van der Waals surface area contributed by atoms with E-state index < -0.39 is 25.8 Å². The summed E-state index contributed by atoms with van der Waals surface area (Å²) in [5.41, 5.74) is 0.686. The predicted molar refractivity (Wildman–Crippen MR) is 85.7 cm³/mol. The highest BCUT2D eigenvalue weighted by Gasteiger charge is 2.19. The summed E-state index contributed by atoms with van der Waals surface area (Å²) >= 11 is 0. The van der Waals surface area contributed by atoms with Gasteiger partial charge in [-0.05, 0) is 36.9 Å². The van der Waals surface area contributed by atoms with Gasteiger partial charge in [0, 0.05) is 12.8 Å². The highest BCUT2D eigenvalue weighted by molar-refractivity contribution is 7.90. The maximum Gasteiger partial charge on any atom is 0.287 e. The van der Waals surface area contributed by atoms with Crippen molar-refractivity contribution in [3.05, 3.63) is 47.7 Å². The average Bonchev–Trinajstić information content (AvgIpc) is 3.03. The van der Waals surface area contributed by atoms with Gasteiger partial charge in [-0.1, -0.05) is 12.1 Å². The number of hydrogen-bond acceptors (Lipinski definition) is 6. The SMILES string of the molecule is CNS(=O)(=O)c1ccc(C(=O)NCc2ccc(S(C)(=O)=O)cc2)o1. The number of hydrogen-bond donors (Lipinski definition) is 2. The largest absolute Gasteiger partial charge is 0.438 e. The molecule has 1 aromatic heterocycles. The van der Waals surface area contributed by atoms with Crippen molar-refractivity contribution in [1.82, 2.24) is 10.0 Å². The van der Waals surface area contributed by atoms with Crippen molar-refractivity contribution < 1.29 is 26.0 Å². The molecule has 0 aliphatic rings. The van der Waals surface area contributed by atoms with Gasteiger partial charge in [0.25, 0.3) is 15.9 Å². The molecule has 1 amide bonds. The molecule has 1 heterocycles. The second-order valence-corrected chi connectivity index (χ2v) is 8.76. The molecule has 2 N–H and O–H groups in total. The fourth-order valence-corrected chi connectivity index (χ4v) is 3.09. The molecule has 0 saturated carbocycles. The maximum atomic E-state index is 12.0. The molecule has 0 aliphatic heterocycles. The zero-order chi connectivity index (χ0) is 18.0. The molecular formula is C14H16N2O6S2. The summed E-state index contributed by atoms with van der Waals surface area (Å²) < 4.78 is 52.9. The van der Waals surface area contributed by atoms with E-state index in [0.29, 0.717) is 5.56 Å². The summed E-state index contributed by atoms with van der Waals surface area (Å²) in [5, 5.41) is 2.20. The van der Waals surface area contributed by atoms with Crippen LogP contribution in [0.1, 0.15) is 16.1 Å². The van der Waals surface area contributed by atoms with E-state index >= 15 is 0 Å². The molecule has 24 heavy (non-hydrogen) atoms. The predicted octanol–water partition coefficient (Wildman–Crippen LogP) is 0.521. The number of sulfone groups is 1. The van der Waals surface area contributed by atoms with Gasteiger partial charge in [-0.25, -0.2) is 21.6 Å². The van der Waals surface area contributed by atoms with Gasteiger partial charge in [-0.15, -0.1) is 0 Å². The van der Waals surface area contributed by atoms with Crippen LogP contribution in [0.5, 0.6) is 0 Å². The average molecular weight is 372 g/mol. The fourth-order valence-electron chi connectivity index (χ4n) is 1.81. The number of carbonyl (C=O) groups excluding carboxylic acids is 1. The van der Waals surface area contributed by atoms with Crippen LogP contribution in [0.3, 0.4) is 0 Å². The van der Waals surface area contributed by atoms with Crippen LogP contribution in [0.25, 0.3) is 0 Å². The Bertz CT molecular complexity index is 943. The lowest BCUT2D eigenvalue weighted by atomic mass is 10.2. The first kappa shape index (κ1) is 18.2. The number of furan rings is 1. The molecule has 0 aliphatic carbocycles. The number of rotatable bonds is 6. The molecule has 0 atom stereocenters. The van der Waals surface area contributed by atoms with Crippen LogP contribution in [0.2, 0.25) is 0 Å². The summed E-state index contributed by atoms with van der Waals surface area (Å²) in [4.78, 5) is 12.1. The first-order valence-electron chi connectivity index (χ1n) is 6.74. The van der Waals surface area contributed by atoms with Crippen LogP contribution >= 0.6 is 0 Å². The second-order valence-electron chi connectivity index (χ2n) is 4.93. The first-order chi connectivity index (χ1) is 11.1. The number of nitrogens with one attached hydrogen (secondary N) is 2. The van der Waals surface area contributed by atoms with Crippen molar-refractivity contribution >= 4 is 25.8 Å². The Morgan fingerprint density at radius 3 is 2.21 bits per heavy atom. The summed E-state index contributed by atoms with van der Waals surface area (Å²) in [6, 6.07) is 8.49. The molecular weight excluding hydrogens is 356 g/mol. The summed E-state index contributed by atoms with van der Waals surface area (Å²) in [6.45, 7) is 0.137. The van der Waals surface area contributed by atoms with E-state index in [0.717, 1.165) is 6.26 Å². The standard InChI is InChI=1S/C14H16N2O6S2/c1-15-24(20,21)13-8-7-12(22-13)14(17)16-9-10-3-5-11(6-4-10)23(2,18)19/h3-8,15H,9H2,1-2H3,(H,16,17). The Morgan fingerprint density at radius 1 is 1.04 bits per heavy atom. The Balaban J connectivity index is 2.03. The smallest absolute Gasteiger partial charge is 0.287 e. The van der Waals surface area contributed by atoms with Gasteiger partial charge in [-0.3, -0.25) is 4.79 Å². The van der Waals surface area contributed by atoms with Gasteiger partial charge in [0.2, 0.25) is 5.09 Å². The van der Waals surface area contributed by atoms with Crippen molar-refractivity contribution in [3.8, 4) is 0 Å². The lowest BCUT2D eigenvalue weighted by molar-refractivity contribution is 0.0917. The van der Waals surface area contributed by atoms with Crippen LogP contribution in [0, 0.1) is 0 Å². The monoisotopic (exact) mass is 372 g/mol. The van der Waals surface area contributed by atoms with Gasteiger partial charge in [0.05, 0.1) is 4.90 Å². The molecule has 10 heteroatoms. The van der Waals surface area contributed by atoms with E-state index in [9.17, 15) is 21.6 Å². The summed E-state index contributed by atoms with van der Waals surface area (Å²) in [7, 11) is -5.79. The van der Waals surface area contributed by atoms with E-state index in [-0.39, 0.29) is 22.3 Å². The van der Waals surface area contributed by atoms with Crippen molar-refractivity contribution in [1.29, 1.82) is 0 Å². The van der Waals surface area contributed by atoms with E-state index in [1.807, 2.05) is 0 Å². The van der Waals surface area contributed by atoms with Crippen molar-refractivity contribution in [2.45, 2.75) is 16.5 Å². The third kappa shape index (κ3) is 4.22. The zero-order valence-corrected chi connectivity index (χ0v) is 14.6. The van der Waals surface area contributed by atoms with Gasteiger partial charge >= 0.3 is 0 Å². The molecule has 8 nitrogen and oxygen atoms in total. The van der Waals surface area contributed by atoms with Crippen LogP contribution in [0.4, 0.5) is 0 Å². The van der Waals surface area contributed by atoms with Crippen molar-refractivity contribution in [2.24, 2.45) is 0 Å². The summed E-state index contributed by atoms with van der Waals surface area (Å²) in [6.07, 6.45) is 1.11. The lowest BCUT2D eigenvalue weighted by Gasteiger charge is -2.05. The Kier molecular flexibility index (Phi) is 5.11. The van der Waals surface area contributed by atoms with Crippen molar-refractivity contribution in [2.75, 3.05) is 13.3 Å². The minimum atomic E-state index is -3.75. The molecule has 0 unspecified atom stereocenters. The van der Waals surface area contributed by atoms with E-state index in [1.54, 1.807) is 12.1 Å². The van der Waals surface area contributed by atoms with Gasteiger partial charge in [0.15, 0.2) is 15.6 Å². The van der Waals surface area contributed by atoms with E-state index in [4.69, 9.17) is 4.42 Å². The van der Waals surface area contributed by atoms with Gasteiger partial charge in [-0.2, -0.15) is 0 Å². The lowest BCUT2D eigenvalue weighted by Crippen LogP contribution is -2.22. The molecule has 130 valence electrons. The van der Waals surface area contributed by atoms with Crippen LogP contribution in [-0.2, 0) is 26.4 Å². The minimum Gasteiger partial charge on any atom is -0.438 e. The Labute approximate surface area is 139 Å². The molecule has 2 rings (SSSR count). The molecule has 0 fully saturated rings. The quantitative estimate of drug-likeness (QED) is 0.762. The first-order valence-corrected chi connectivity index (χ1v) is 10.1. The fraction of sp³-hybridized carbons (Fsp3) is 0.214. The minimum absolute atomic E-state index is 0.137. The topological polar surface area (TPSA) is 123 Å². The molecule has 1 aromatic carbocycles. The Hall–Kier alpha value is -2.17. The third-order valence-electron chi connectivity index (χ3n) is 3.14. The molecule has 0 bridgehead atoms. The Morgan fingerprint density at radius 2 is 1.67 bits per heavy atom. The number of amides is 1. The summed E-state index contributed by atoms with van der Waals surface area (Å²) in [5.74, 6) is -0.726. The van der Waals surface area contributed by atoms with Crippen molar-refractivity contribution in [3.63, 3.8) is 0 Å². The molecule has 0 spiro atoms. The van der Waals surface area contributed by atoms with E-state index in [1.165, 1.54) is 31.3 Å². The molecule has 0 radical (unpaired) electrons. The number of carbonyl (C=O) groups is 1. The van der Waals surface area contributed by atoms with Crippen LogP contribution < -0.4 is 10.0 Å². The molecule has 2 aromatic rings. The second kappa shape index (κ2) is 6.75. The normalized spacial score (nSPS) is 12.1. The zero-order valence-electron chi connectivity index (χ0n) is 12.9. The highest BCUT2D eigenvalue weighted by atomic mass is 32.2. The van der Waals surface area contributed by atoms with E-state index in [2.05, 4.69) is 10.0 Å². The number of benzene rings is 1. The third-order valence-corrected chi connectivity index (χ3v) is 5.56.